The van der Waals surface area contributed by atoms with Gasteiger partial charge in [-0.1, -0.05) is 53.5 Å². The SMILES string of the molecule is NCc1ccc(COc2cccc(Cl)c2Cl)cc1. The van der Waals surface area contributed by atoms with Crippen molar-refractivity contribution in [2.24, 2.45) is 5.73 Å². The number of ether oxygens (including phenoxy) is 1. The molecule has 2 aromatic carbocycles. The molecule has 2 aromatic rings. The van der Waals surface area contributed by atoms with Gasteiger partial charge in [0.05, 0.1) is 5.02 Å². The van der Waals surface area contributed by atoms with Crippen molar-refractivity contribution in [1.29, 1.82) is 0 Å². The van der Waals surface area contributed by atoms with Crippen LogP contribution in [0.2, 0.25) is 10.0 Å². The molecule has 4 heteroatoms. The lowest BCUT2D eigenvalue weighted by molar-refractivity contribution is 0.306. The van der Waals surface area contributed by atoms with Crippen LogP contribution in [0.25, 0.3) is 0 Å². The van der Waals surface area contributed by atoms with E-state index < -0.39 is 0 Å². The molecule has 0 radical (unpaired) electrons. The Bertz CT molecular complexity index is 526. The van der Waals surface area contributed by atoms with E-state index >= 15 is 0 Å². The highest BCUT2D eigenvalue weighted by Gasteiger charge is 2.05. The molecule has 2 rings (SSSR count). The summed E-state index contributed by atoms with van der Waals surface area (Å²) < 4.78 is 5.63. The molecule has 0 aliphatic heterocycles. The van der Waals surface area contributed by atoms with E-state index in [4.69, 9.17) is 33.7 Å². The summed E-state index contributed by atoms with van der Waals surface area (Å²) in [5.74, 6) is 0.590. The van der Waals surface area contributed by atoms with Gasteiger partial charge in [0.1, 0.15) is 17.4 Å². The van der Waals surface area contributed by atoms with Gasteiger partial charge in [-0.25, -0.2) is 0 Å². The zero-order chi connectivity index (χ0) is 13.0. The molecule has 0 aromatic heterocycles. The monoisotopic (exact) mass is 281 g/mol. The minimum Gasteiger partial charge on any atom is -0.487 e. The van der Waals surface area contributed by atoms with E-state index in [9.17, 15) is 0 Å². The van der Waals surface area contributed by atoms with Crippen molar-refractivity contribution in [3.8, 4) is 5.75 Å². The number of hydrogen-bond donors (Lipinski definition) is 1. The molecule has 0 bridgehead atoms. The summed E-state index contributed by atoms with van der Waals surface area (Å²) >= 11 is 11.9. The molecule has 2 nitrogen and oxygen atoms in total. The van der Waals surface area contributed by atoms with Gasteiger partial charge in [-0.3, -0.25) is 0 Å². The van der Waals surface area contributed by atoms with Gasteiger partial charge in [-0.05, 0) is 23.3 Å². The van der Waals surface area contributed by atoms with Gasteiger partial charge in [-0.15, -0.1) is 0 Å². The van der Waals surface area contributed by atoms with Crippen LogP contribution in [0, 0.1) is 0 Å². The number of nitrogens with two attached hydrogens (primary N) is 1. The predicted octanol–water partition coefficient (Wildman–Crippen LogP) is 4.03. The van der Waals surface area contributed by atoms with Crippen LogP contribution in [0.4, 0.5) is 0 Å². The van der Waals surface area contributed by atoms with Crippen molar-refractivity contribution >= 4 is 23.2 Å². The smallest absolute Gasteiger partial charge is 0.139 e. The van der Waals surface area contributed by atoms with E-state index in [-0.39, 0.29) is 0 Å². The first-order chi connectivity index (χ1) is 8.70. The normalized spacial score (nSPS) is 10.4. The maximum atomic E-state index is 6.03. The fourth-order valence-electron chi connectivity index (χ4n) is 1.53. The molecule has 0 atom stereocenters. The highest BCUT2D eigenvalue weighted by Crippen LogP contribution is 2.31. The Balaban J connectivity index is 2.04. The summed E-state index contributed by atoms with van der Waals surface area (Å²) in [6, 6.07) is 13.3. The Labute approximate surface area is 116 Å². The topological polar surface area (TPSA) is 35.2 Å². The lowest BCUT2D eigenvalue weighted by Gasteiger charge is -2.09. The third-order valence-corrected chi connectivity index (χ3v) is 3.37. The van der Waals surface area contributed by atoms with Gasteiger partial charge in [-0.2, -0.15) is 0 Å². The van der Waals surface area contributed by atoms with Crippen molar-refractivity contribution in [3.63, 3.8) is 0 Å². The van der Waals surface area contributed by atoms with Crippen LogP contribution >= 0.6 is 23.2 Å². The van der Waals surface area contributed by atoms with Crippen LogP contribution in [0.1, 0.15) is 11.1 Å². The van der Waals surface area contributed by atoms with Crippen LogP contribution in [-0.2, 0) is 13.2 Å². The van der Waals surface area contributed by atoms with Crippen LogP contribution in [0.5, 0.6) is 5.75 Å². The lowest BCUT2D eigenvalue weighted by atomic mass is 10.1. The highest BCUT2D eigenvalue weighted by atomic mass is 35.5. The van der Waals surface area contributed by atoms with Crippen molar-refractivity contribution < 1.29 is 4.74 Å². The third-order valence-electron chi connectivity index (χ3n) is 2.57. The molecule has 0 fully saturated rings. The van der Waals surface area contributed by atoms with Gasteiger partial charge in [0, 0.05) is 6.54 Å². The fourth-order valence-corrected chi connectivity index (χ4v) is 1.87. The molecular formula is C14H13Cl2NO. The van der Waals surface area contributed by atoms with E-state index in [1.54, 1.807) is 18.2 Å². The van der Waals surface area contributed by atoms with E-state index in [0.717, 1.165) is 11.1 Å². The van der Waals surface area contributed by atoms with Crippen LogP contribution in [0.3, 0.4) is 0 Å². The molecule has 0 amide bonds. The number of halogens is 2. The molecule has 94 valence electrons. The summed E-state index contributed by atoms with van der Waals surface area (Å²) in [4.78, 5) is 0. The zero-order valence-electron chi connectivity index (χ0n) is 9.70. The quantitative estimate of drug-likeness (QED) is 0.918. The Morgan fingerprint density at radius 2 is 1.61 bits per heavy atom. The Kier molecular flexibility index (Phi) is 4.48. The number of hydrogen-bond acceptors (Lipinski definition) is 2. The predicted molar refractivity (Wildman–Crippen MR) is 75.1 cm³/mol. The molecule has 0 spiro atoms. The summed E-state index contributed by atoms with van der Waals surface area (Å²) in [7, 11) is 0. The molecule has 0 heterocycles. The van der Waals surface area contributed by atoms with Crippen LogP contribution in [0.15, 0.2) is 42.5 Å². The van der Waals surface area contributed by atoms with Gasteiger partial charge < -0.3 is 10.5 Å². The van der Waals surface area contributed by atoms with Crippen LogP contribution in [-0.4, -0.2) is 0 Å². The third kappa shape index (κ3) is 3.16. The Morgan fingerprint density at radius 1 is 0.944 bits per heavy atom. The minimum atomic E-state index is 0.442. The fraction of sp³-hybridized carbons (Fsp3) is 0.143. The zero-order valence-corrected chi connectivity index (χ0v) is 11.2. The number of rotatable bonds is 4. The summed E-state index contributed by atoms with van der Waals surface area (Å²) in [6.07, 6.45) is 0. The molecule has 2 N–H and O–H groups in total. The molecule has 0 aliphatic rings. The average molecular weight is 282 g/mol. The first-order valence-corrected chi connectivity index (χ1v) is 6.31. The first kappa shape index (κ1) is 13.2. The van der Waals surface area contributed by atoms with Crippen molar-refractivity contribution in [2.45, 2.75) is 13.2 Å². The standard InChI is InChI=1S/C14H13Cl2NO/c15-12-2-1-3-13(14(12)16)18-9-11-6-4-10(8-17)5-7-11/h1-7H,8-9,17H2. The summed E-state index contributed by atoms with van der Waals surface area (Å²) in [5.41, 5.74) is 7.69. The average Bonchev–Trinajstić information content (AvgIpc) is 2.41. The lowest BCUT2D eigenvalue weighted by Crippen LogP contribution is -1.99. The molecule has 18 heavy (non-hydrogen) atoms. The van der Waals surface area contributed by atoms with Gasteiger partial charge in [0.25, 0.3) is 0 Å². The van der Waals surface area contributed by atoms with Gasteiger partial charge in [0.15, 0.2) is 0 Å². The first-order valence-electron chi connectivity index (χ1n) is 5.55. The van der Waals surface area contributed by atoms with Crippen molar-refractivity contribution in [2.75, 3.05) is 0 Å². The molecule has 0 aliphatic carbocycles. The van der Waals surface area contributed by atoms with E-state index in [1.807, 2.05) is 24.3 Å². The maximum Gasteiger partial charge on any atom is 0.139 e. The van der Waals surface area contributed by atoms with E-state index in [2.05, 4.69) is 0 Å². The van der Waals surface area contributed by atoms with Crippen molar-refractivity contribution in [3.05, 3.63) is 63.6 Å². The van der Waals surface area contributed by atoms with Crippen LogP contribution < -0.4 is 10.5 Å². The maximum absolute atomic E-state index is 6.03. The molecule has 0 saturated carbocycles. The second-order valence-corrected chi connectivity index (χ2v) is 4.65. The highest BCUT2D eigenvalue weighted by molar-refractivity contribution is 6.42. The van der Waals surface area contributed by atoms with Crippen molar-refractivity contribution in [1.82, 2.24) is 0 Å². The van der Waals surface area contributed by atoms with Gasteiger partial charge >= 0.3 is 0 Å². The largest absolute Gasteiger partial charge is 0.487 e. The van der Waals surface area contributed by atoms with Gasteiger partial charge in [0.2, 0.25) is 0 Å². The molecule has 0 unspecified atom stereocenters. The second-order valence-electron chi connectivity index (χ2n) is 3.86. The second kappa shape index (κ2) is 6.10. The summed E-state index contributed by atoms with van der Waals surface area (Å²) in [6.45, 7) is 0.992. The number of benzene rings is 2. The summed E-state index contributed by atoms with van der Waals surface area (Å²) in [5, 5.41) is 0.936. The van der Waals surface area contributed by atoms with E-state index in [1.165, 1.54) is 0 Å². The Morgan fingerprint density at radius 3 is 2.28 bits per heavy atom. The molecule has 0 saturated heterocycles. The minimum absolute atomic E-state index is 0.442. The Hall–Kier alpha value is -1.22. The molecular weight excluding hydrogens is 269 g/mol. The van der Waals surface area contributed by atoms with E-state index in [0.29, 0.717) is 28.9 Å².